The average molecular weight is 586 g/mol. The number of carbonyl (C=O) groups is 2. The summed E-state index contributed by atoms with van der Waals surface area (Å²) in [4.78, 5) is 27.9. The van der Waals surface area contributed by atoms with Gasteiger partial charge in [-0.25, -0.2) is 8.42 Å². The Morgan fingerprint density at radius 1 is 1.07 bits per heavy atom. The summed E-state index contributed by atoms with van der Waals surface area (Å²) in [6.07, 6.45) is -0.302. The van der Waals surface area contributed by atoms with E-state index in [0.717, 1.165) is 9.87 Å². The molecule has 1 aliphatic heterocycles. The predicted molar refractivity (Wildman–Crippen MR) is 153 cm³/mol. The SMILES string of the molecule is CCOc1ccc(S(=O)(=O)N(CC)CC(=O)N2C[C@@H](C(=O)NCCc3ccccc3)Oc3ccccc32)cc1Cl. The Balaban J connectivity index is 1.48. The van der Waals surface area contributed by atoms with Crippen LogP contribution in [0.1, 0.15) is 19.4 Å². The molecule has 11 heteroatoms. The lowest BCUT2D eigenvalue weighted by Gasteiger charge is -2.35. The highest BCUT2D eigenvalue weighted by Crippen LogP contribution is 2.34. The summed E-state index contributed by atoms with van der Waals surface area (Å²) in [5, 5.41) is 3.04. The van der Waals surface area contributed by atoms with Gasteiger partial charge in [0.1, 0.15) is 11.5 Å². The maximum absolute atomic E-state index is 13.6. The van der Waals surface area contributed by atoms with E-state index >= 15 is 0 Å². The van der Waals surface area contributed by atoms with Gasteiger partial charge < -0.3 is 19.7 Å². The molecule has 0 spiro atoms. The van der Waals surface area contributed by atoms with Gasteiger partial charge in [-0.3, -0.25) is 9.59 Å². The van der Waals surface area contributed by atoms with Gasteiger partial charge in [0.05, 0.1) is 35.3 Å². The van der Waals surface area contributed by atoms with Crippen molar-refractivity contribution in [2.75, 3.05) is 37.7 Å². The molecule has 0 bridgehead atoms. The monoisotopic (exact) mass is 585 g/mol. The Labute approximate surface area is 239 Å². The Hall–Kier alpha value is -3.60. The molecule has 4 rings (SSSR count). The number of sulfonamides is 1. The second-order valence-corrected chi connectivity index (χ2v) is 11.4. The van der Waals surface area contributed by atoms with Crippen molar-refractivity contribution in [3.8, 4) is 11.5 Å². The molecule has 9 nitrogen and oxygen atoms in total. The molecule has 0 aromatic heterocycles. The lowest BCUT2D eigenvalue weighted by molar-refractivity contribution is -0.128. The van der Waals surface area contributed by atoms with Crippen molar-refractivity contribution in [1.29, 1.82) is 0 Å². The third-order valence-corrected chi connectivity index (χ3v) is 8.64. The third kappa shape index (κ3) is 6.75. The average Bonchev–Trinajstić information content (AvgIpc) is 2.96. The predicted octanol–water partition coefficient (Wildman–Crippen LogP) is 3.90. The molecule has 2 amide bonds. The summed E-state index contributed by atoms with van der Waals surface area (Å²) >= 11 is 6.23. The number of rotatable bonds is 11. The first kappa shape index (κ1) is 29.4. The zero-order valence-corrected chi connectivity index (χ0v) is 24.0. The van der Waals surface area contributed by atoms with Crippen molar-refractivity contribution in [3.63, 3.8) is 0 Å². The highest BCUT2D eigenvalue weighted by molar-refractivity contribution is 7.89. The van der Waals surface area contributed by atoms with E-state index in [1.807, 2.05) is 30.3 Å². The molecule has 0 unspecified atom stereocenters. The van der Waals surface area contributed by atoms with Gasteiger partial charge in [0.25, 0.3) is 5.91 Å². The number of ether oxygens (including phenoxy) is 2. The lowest BCUT2D eigenvalue weighted by atomic mass is 10.1. The number of anilines is 1. The van der Waals surface area contributed by atoms with Gasteiger partial charge in [-0.05, 0) is 49.2 Å². The molecule has 40 heavy (non-hydrogen) atoms. The van der Waals surface area contributed by atoms with Crippen LogP contribution in [0.15, 0.2) is 77.7 Å². The number of para-hydroxylation sites is 2. The van der Waals surface area contributed by atoms with E-state index in [1.54, 1.807) is 38.1 Å². The smallest absolute Gasteiger partial charge is 0.262 e. The van der Waals surface area contributed by atoms with Crippen molar-refractivity contribution in [2.45, 2.75) is 31.3 Å². The largest absolute Gasteiger partial charge is 0.492 e. The van der Waals surface area contributed by atoms with Crippen molar-refractivity contribution in [1.82, 2.24) is 9.62 Å². The van der Waals surface area contributed by atoms with Crippen LogP contribution in [0.2, 0.25) is 5.02 Å². The minimum Gasteiger partial charge on any atom is -0.492 e. The molecule has 3 aromatic rings. The first-order valence-corrected chi connectivity index (χ1v) is 14.9. The molecular formula is C29H32ClN3O6S. The van der Waals surface area contributed by atoms with Gasteiger partial charge in [0, 0.05) is 13.1 Å². The normalized spacial score (nSPS) is 14.8. The number of amides is 2. The molecule has 1 heterocycles. The van der Waals surface area contributed by atoms with Gasteiger partial charge in [-0.1, -0.05) is 61.0 Å². The molecule has 1 aliphatic rings. The summed E-state index contributed by atoms with van der Waals surface area (Å²) in [5.74, 6) is -0.0951. The topological polar surface area (TPSA) is 105 Å². The minimum atomic E-state index is -4.05. The van der Waals surface area contributed by atoms with Crippen LogP contribution in [0.3, 0.4) is 0 Å². The van der Waals surface area contributed by atoms with Gasteiger partial charge in [-0.2, -0.15) is 4.31 Å². The molecule has 212 valence electrons. The van der Waals surface area contributed by atoms with Crippen molar-refractivity contribution >= 4 is 39.1 Å². The van der Waals surface area contributed by atoms with Gasteiger partial charge >= 0.3 is 0 Å². The van der Waals surface area contributed by atoms with Crippen LogP contribution < -0.4 is 19.7 Å². The molecule has 1 atom stereocenters. The number of hydrogen-bond donors (Lipinski definition) is 1. The Morgan fingerprint density at radius 3 is 2.50 bits per heavy atom. The molecule has 0 fully saturated rings. The zero-order valence-electron chi connectivity index (χ0n) is 22.4. The fourth-order valence-electron chi connectivity index (χ4n) is 4.36. The van der Waals surface area contributed by atoms with E-state index in [4.69, 9.17) is 21.1 Å². The first-order chi connectivity index (χ1) is 19.2. The number of nitrogens with one attached hydrogen (secondary N) is 1. The van der Waals surface area contributed by atoms with Crippen LogP contribution in [-0.4, -0.2) is 63.4 Å². The van der Waals surface area contributed by atoms with Crippen LogP contribution in [0, 0.1) is 0 Å². The summed E-state index contributed by atoms with van der Waals surface area (Å²) in [5.41, 5.74) is 1.56. The van der Waals surface area contributed by atoms with Crippen LogP contribution in [0.25, 0.3) is 0 Å². The van der Waals surface area contributed by atoms with Gasteiger partial charge in [0.15, 0.2) is 6.10 Å². The molecule has 0 aliphatic carbocycles. The van der Waals surface area contributed by atoms with Crippen molar-refractivity contribution in [2.24, 2.45) is 0 Å². The van der Waals surface area contributed by atoms with E-state index in [2.05, 4.69) is 5.32 Å². The number of likely N-dealkylation sites (N-methyl/N-ethyl adjacent to an activating group) is 1. The molecular weight excluding hydrogens is 554 g/mol. The number of nitrogens with zero attached hydrogens (tertiary/aromatic N) is 2. The fourth-order valence-corrected chi connectivity index (χ4v) is 6.09. The number of fused-ring (bicyclic) bond motifs is 1. The van der Waals surface area contributed by atoms with E-state index in [9.17, 15) is 18.0 Å². The quantitative estimate of drug-likeness (QED) is 0.366. The highest BCUT2D eigenvalue weighted by atomic mass is 35.5. The molecule has 0 saturated carbocycles. The van der Waals surface area contributed by atoms with Crippen LogP contribution in [0.5, 0.6) is 11.5 Å². The molecule has 0 radical (unpaired) electrons. The second-order valence-electron chi connectivity index (χ2n) is 9.06. The van der Waals surface area contributed by atoms with Crippen molar-refractivity contribution < 1.29 is 27.5 Å². The van der Waals surface area contributed by atoms with Gasteiger partial charge in [-0.15, -0.1) is 0 Å². The highest BCUT2D eigenvalue weighted by Gasteiger charge is 2.36. The standard InChI is InChI=1S/C29H32ClN3O6S/c1-3-32(40(36,37)22-14-15-25(38-4-2)23(30)18-22)20-28(34)33-19-27(39-26-13-9-8-12-24(26)33)29(35)31-17-16-21-10-6-5-7-11-21/h5-15,18,27H,3-4,16-17,19-20H2,1-2H3,(H,31,35)/t27-/m0/s1. The minimum absolute atomic E-state index is 0.0475. The summed E-state index contributed by atoms with van der Waals surface area (Å²) in [7, 11) is -4.05. The molecule has 0 saturated heterocycles. The maximum Gasteiger partial charge on any atom is 0.262 e. The summed E-state index contributed by atoms with van der Waals surface area (Å²) < 4.78 is 39.2. The zero-order chi connectivity index (χ0) is 28.7. The Bertz CT molecular complexity index is 1450. The molecule has 1 N–H and O–H groups in total. The number of hydrogen-bond acceptors (Lipinski definition) is 6. The first-order valence-electron chi connectivity index (χ1n) is 13.0. The van der Waals surface area contributed by atoms with E-state index < -0.39 is 28.6 Å². The van der Waals surface area contributed by atoms with Crippen LogP contribution in [-0.2, 0) is 26.0 Å². The van der Waals surface area contributed by atoms with Gasteiger partial charge in [0.2, 0.25) is 15.9 Å². The summed E-state index contributed by atoms with van der Waals surface area (Å²) in [6, 6.07) is 20.8. The maximum atomic E-state index is 13.6. The Kier molecular flexibility index (Phi) is 9.67. The summed E-state index contributed by atoms with van der Waals surface area (Å²) in [6.45, 7) is 3.80. The number of benzene rings is 3. The second kappa shape index (κ2) is 13.2. The van der Waals surface area contributed by atoms with E-state index in [0.29, 0.717) is 36.8 Å². The number of carbonyl (C=O) groups excluding carboxylic acids is 2. The van der Waals surface area contributed by atoms with E-state index in [1.165, 1.54) is 23.1 Å². The van der Waals surface area contributed by atoms with E-state index in [-0.39, 0.29) is 28.9 Å². The van der Waals surface area contributed by atoms with Crippen molar-refractivity contribution in [3.05, 3.63) is 83.4 Å². The lowest BCUT2D eigenvalue weighted by Crippen LogP contribution is -2.53. The van der Waals surface area contributed by atoms with Crippen LogP contribution >= 0.6 is 11.6 Å². The third-order valence-electron chi connectivity index (χ3n) is 6.43. The fraction of sp³-hybridized carbons (Fsp3) is 0.310. The van der Waals surface area contributed by atoms with Crippen LogP contribution in [0.4, 0.5) is 5.69 Å². The number of halogens is 1. The molecule has 3 aromatic carbocycles. The Morgan fingerprint density at radius 2 is 1.80 bits per heavy atom.